The molecular weight excluding hydrogens is 120 g/mol. The van der Waals surface area contributed by atoms with Crippen molar-refractivity contribution in [3.8, 4) is 0 Å². The van der Waals surface area contributed by atoms with Crippen molar-refractivity contribution in [3.05, 3.63) is 0 Å². The lowest BCUT2D eigenvalue weighted by Gasteiger charge is -2.20. The van der Waals surface area contributed by atoms with Gasteiger partial charge < -0.3 is 5.11 Å². The van der Waals surface area contributed by atoms with Crippen LogP contribution in [0, 0.1) is 0 Å². The van der Waals surface area contributed by atoms with Gasteiger partial charge in [0.2, 0.25) is 0 Å². The Hall–Kier alpha value is -0.120. The van der Waals surface area contributed by atoms with E-state index in [0.29, 0.717) is 0 Å². The third kappa shape index (κ3) is 1.23. The molecule has 3 nitrogen and oxygen atoms in total. The van der Waals surface area contributed by atoms with E-state index in [1.165, 1.54) is 0 Å². The Kier molecular flexibility index (Phi) is 2.05. The number of hydrogen-bond donors (Lipinski definition) is 2. The lowest BCUT2D eigenvalue weighted by atomic mass is 10.1. The van der Waals surface area contributed by atoms with Gasteiger partial charge in [0.25, 0.3) is 0 Å². The fourth-order valence-electron chi connectivity index (χ4n) is 1.30. The van der Waals surface area contributed by atoms with Crippen molar-refractivity contribution in [2.75, 3.05) is 6.61 Å². The molecule has 0 saturated heterocycles. The van der Waals surface area contributed by atoms with Crippen LogP contribution < -0.4 is 0 Å². The first-order chi connectivity index (χ1) is 4.33. The van der Waals surface area contributed by atoms with Crippen molar-refractivity contribution in [2.45, 2.75) is 31.3 Å². The second kappa shape index (κ2) is 2.64. The summed E-state index contributed by atoms with van der Waals surface area (Å²) >= 11 is 0. The normalized spacial score (nSPS) is 24.7. The Morgan fingerprint density at radius 1 is 1.33 bits per heavy atom. The zero-order chi connectivity index (χ0) is 6.74. The maximum atomic E-state index is 8.73. The molecule has 2 N–H and O–H groups in total. The van der Waals surface area contributed by atoms with Gasteiger partial charge in [0.15, 0.2) is 0 Å². The molecule has 1 rings (SSSR count). The molecule has 1 aliphatic carbocycles. The summed E-state index contributed by atoms with van der Waals surface area (Å²) in [7, 11) is 0. The van der Waals surface area contributed by atoms with Gasteiger partial charge in [0.05, 0.1) is 6.61 Å². The topological polar surface area (TPSA) is 49.7 Å². The van der Waals surface area contributed by atoms with Gasteiger partial charge >= 0.3 is 0 Å². The van der Waals surface area contributed by atoms with E-state index < -0.39 is 5.60 Å². The first-order valence-electron chi connectivity index (χ1n) is 3.26. The predicted octanol–water partition coefficient (Wildman–Crippen LogP) is 0.781. The Morgan fingerprint density at radius 3 is 2.11 bits per heavy atom. The summed E-state index contributed by atoms with van der Waals surface area (Å²) in [6.07, 6.45) is 3.64. The molecule has 9 heavy (non-hydrogen) atoms. The summed E-state index contributed by atoms with van der Waals surface area (Å²) in [4.78, 5) is 4.20. The molecule has 0 aromatic heterocycles. The highest BCUT2D eigenvalue weighted by Crippen LogP contribution is 2.31. The smallest absolute Gasteiger partial charge is 0.126 e. The Morgan fingerprint density at radius 2 is 1.89 bits per heavy atom. The average molecular weight is 132 g/mol. The van der Waals surface area contributed by atoms with Crippen LogP contribution >= 0.6 is 0 Å². The highest BCUT2D eigenvalue weighted by atomic mass is 17.1. The van der Waals surface area contributed by atoms with Crippen LogP contribution in [0.5, 0.6) is 0 Å². The number of aliphatic hydroxyl groups excluding tert-OH is 1. The molecule has 54 valence electrons. The summed E-state index contributed by atoms with van der Waals surface area (Å²) in [5, 5.41) is 17.1. The second-order valence-corrected chi connectivity index (χ2v) is 2.64. The first kappa shape index (κ1) is 6.99. The first-order valence-corrected chi connectivity index (χ1v) is 3.26. The second-order valence-electron chi connectivity index (χ2n) is 2.64. The standard InChI is InChI=1S/C6H12O3/c7-5-6(9-8)3-1-2-4-6/h7-8H,1-5H2. The van der Waals surface area contributed by atoms with Crippen LogP contribution in [0.1, 0.15) is 25.7 Å². The quantitative estimate of drug-likeness (QED) is 0.431. The summed E-state index contributed by atoms with van der Waals surface area (Å²) in [5.41, 5.74) is -0.611. The lowest BCUT2D eigenvalue weighted by Crippen LogP contribution is -2.31. The van der Waals surface area contributed by atoms with Gasteiger partial charge in [-0.2, -0.15) is 0 Å². The zero-order valence-electron chi connectivity index (χ0n) is 5.34. The van der Waals surface area contributed by atoms with Crippen LogP contribution in [0.3, 0.4) is 0 Å². The summed E-state index contributed by atoms with van der Waals surface area (Å²) in [5.74, 6) is 0. The van der Waals surface area contributed by atoms with Gasteiger partial charge in [-0.3, -0.25) is 5.26 Å². The monoisotopic (exact) mass is 132 g/mol. The van der Waals surface area contributed by atoms with E-state index in [0.717, 1.165) is 25.7 Å². The van der Waals surface area contributed by atoms with Crippen molar-refractivity contribution in [3.63, 3.8) is 0 Å². The van der Waals surface area contributed by atoms with Crippen molar-refractivity contribution in [1.29, 1.82) is 0 Å². The minimum absolute atomic E-state index is 0.0660. The molecule has 0 radical (unpaired) electrons. The third-order valence-corrected chi connectivity index (χ3v) is 2.00. The SMILES string of the molecule is OCC1(OO)CCCC1. The summed E-state index contributed by atoms with van der Waals surface area (Å²) in [6.45, 7) is -0.0660. The maximum absolute atomic E-state index is 8.73. The van der Waals surface area contributed by atoms with Crippen molar-refractivity contribution >= 4 is 0 Å². The van der Waals surface area contributed by atoms with Crippen LogP contribution in [0.25, 0.3) is 0 Å². The van der Waals surface area contributed by atoms with Gasteiger partial charge in [-0.25, -0.2) is 4.89 Å². The van der Waals surface area contributed by atoms with Crippen LogP contribution in [-0.4, -0.2) is 22.6 Å². The molecule has 0 atom stereocenters. The van der Waals surface area contributed by atoms with E-state index in [2.05, 4.69) is 4.89 Å². The molecule has 0 aromatic carbocycles. The van der Waals surface area contributed by atoms with Gasteiger partial charge in [-0.15, -0.1) is 0 Å². The molecule has 0 bridgehead atoms. The van der Waals surface area contributed by atoms with E-state index in [-0.39, 0.29) is 6.61 Å². The lowest BCUT2D eigenvalue weighted by molar-refractivity contribution is -0.328. The maximum Gasteiger partial charge on any atom is 0.126 e. The minimum Gasteiger partial charge on any atom is -0.393 e. The number of aliphatic hydroxyl groups is 1. The van der Waals surface area contributed by atoms with Crippen LogP contribution in [0.15, 0.2) is 0 Å². The van der Waals surface area contributed by atoms with E-state index >= 15 is 0 Å². The molecule has 0 spiro atoms. The van der Waals surface area contributed by atoms with Crippen molar-refractivity contribution < 1.29 is 15.3 Å². The highest BCUT2D eigenvalue weighted by Gasteiger charge is 2.34. The van der Waals surface area contributed by atoms with Crippen LogP contribution in [0.4, 0.5) is 0 Å². The largest absolute Gasteiger partial charge is 0.393 e. The summed E-state index contributed by atoms with van der Waals surface area (Å²) in [6, 6.07) is 0. The molecule has 0 aliphatic heterocycles. The van der Waals surface area contributed by atoms with Gasteiger partial charge in [0, 0.05) is 0 Å². The molecular formula is C6H12O3. The predicted molar refractivity (Wildman–Crippen MR) is 32.0 cm³/mol. The molecule has 0 amide bonds. The van der Waals surface area contributed by atoms with E-state index in [1.807, 2.05) is 0 Å². The molecule has 1 saturated carbocycles. The number of hydrogen-bond acceptors (Lipinski definition) is 3. The van der Waals surface area contributed by atoms with Gasteiger partial charge in [0.1, 0.15) is 5.60 Å². The van der Waals surface area contributed by atoms with Crippen LogP contribution in [0.2, 0.25) is 0 Å². The summed E-state index contributed by atoms with van der Waals surface area (Å²) < 4.78 is 0. The Bertz CT molecular complexity index is 80.3. The molecule has 0 heterocycles. The highest BCUT2D eigenvalue weighted by molar-refractivity contribution is 4.84. The van der Waals surface area contributed by atoms with Gasteiger partial charge in [-0.1, -0.05) is 12.8 Å². The fourth-order valence-corrected chi connectivity index (χ4v) is 1.30. The molecule has 0 aromatic rings. The average Bonchev–Trinajstić information content (AvgIpc) is 2.36. The zero-order valence-corrected chi connectivity index (χ0v) is 5.34. The Balaban J connectivity index is 2.45. The number of rotatable bonds is 2. The van der Waals surface area contributed by atoms with Crippen molar-refractivity contribution in [2.24, 2.45) is 0 Å². The minimum atomic E-state index is -0.611. The van der Waals surface area contributed by atoms with Crippen LogP contribution in [-0.2, 0) is 4.89 Å². The van der Waals surface area contributed by atoms with E-state index in [4.69, 9.17) is 10.4 Å². The van der Waals surface area contributed by atoms with E-state index in [9.17, 15) is 0 Å². The fraction of sp³-hybridized carbons (Fsp3) is 1.00. The molecule has 0 unspecified atom stereocenters. The van der Waals surface area contributed by atoms with Crippen molar-refractivity contribution in [1.82, 2.24) is 0 Å². The third-order valence-electron chi connectivity index (χ3n) is 2.00. The van der Waals surface area contributed by atoms with E-state index in [1.54, 1.807) is 0 Å². The molecule has 1 aliphatic rings. The van der Waals surface area contributed by atoms with Gasteiger partial charge in [-0.05, 0) is 12.8 Å². The molecule has 1 fully saturated rings. The molecule has 3 heteroatoms. The Labute approximate surface area is 54.2 Å².